The maximum Gasteiger partial charge on any atom is 0.319 e. The molecule has 8 nitrogen and oxygen atoms in total. The average molecular weight is 532 g/mol. The maximum atomic E-state index is 10.5. The first-order valence-electron chi connectivity index (χ1n) is 14.1. The Morgan fingerprint density at radius 1 is 1.12 bits per heavy atom. The first-order valence-corrected chi connectivity index (χ1v) is 14.1. The standard InChI is InChI=1S/C32H33N7O/c1-21-8-4-10-23-11-5-13-25(28(21)23)29-26(16-33)30-27(18-35-29)31(39-15-6-9-22(19-39)17-34-2)37-32(36-30)40-20-24-12-7-14-38(24)3/h4-5,8,10-11,13,18,22,24H,6-7,9,12,14-15,17,19-20H2,1,3H3/t22-,24-/m0/s1. The van der Waals surface area contributed by atoms with E-state index in [1.165, 1.54) is 0 Å². The molecule has 0 bridgehead atoms. The number of anilines is 1. The van der Waals surface area contributed by atoms with Crippen LogP contribution in [0.2, 0.25) is 0 Å². The minimum Gasteiger partial charge on any atom is -0.462 e. The van der Waals surface area contributed by atoms with E-state index < -0.39 is 0 Å². The highest BCUT2D eigenvalue weighted by atomic mass is 16.5. The van der Waals surface area contributed by atoms with Crippen LogP contribution in [0.15, 0.2) is 42.6 Å². The molecule has 2 fully saturated rings. The lowest BCUT2D eigenvalue weighted by Gasteiger charge is -2.32. The van der Waals surface area contributed by atoms with Gasteiger partial charge in [-0.2, -0.15) is 15.2 Å². The highest BCUT2D eigenvalue weighted by Crippen LogP contribution is 2.37. The van der Waals surface area contributed by atoms with E-state index >= 15 is 0 Å². The van der Waals surface area contributed by atoms with Crippen molar-refractivity contribution < 1.29 is 4.74 Å². The van der Waals surface area contributed by atoms with Gasteiger partial charge in [-0.3, -0.25) is 4.98 Å². The molecule has 202 valence electrons. The van der Waals surface area contributed by atoms with Gasteiger partial charge in [0.2, 0.25) is 6.54 Å². The molecule has 4 heterocycles. The van der Waals surface area contributed by atoms with Crippen molar-refractivity contribution in [1.29, 1.82) is 5.26 Å². The molecule has 0 saturated carbocycles. The fourth-order valence-corrected chi connectivity index (χ4v) is 6.29. The van der Waals surface area contributed by atoms with E-state index in [0.29, 0.717) is 36.0 Å². The van der Waals surface area contributed by atoms with E-state index in [9.17, 15) is 5.26 Å². The number of nitrogens with zero attached hydrogens (tertiary/aromatic N) is 7. The zero-order chi connectivity index (χ0) is 27.6. The van der Waals surface area contributed by atoms with Crippen molar-refractivity contribution in [3.8, 4) is 23.3 Å². The molecule has 8 heteroatoms. The number of pyridine rings is 1. The molecule has 4 aromatic rings. The van der Waals surface area contributed by atoms with E-state index in [4.69, 9.17) is 26.3 Å². The van der Waals surface area contributed by atoms with Crippen molar-refractivity contribution >= 4 is 27.5 Å². The van der Waals surface area contributed by atoms with Gasteiger partial charge in [0, 0.05) is 36.8 Å². The number of hydrogen-bond acceptors (Lipinski definition) is 7. The van der Waals surface area contributed by atoms with Gasteiger partial charge in [0.1, 0.15) is 29.6 Å². The minimum absolute atomic E-state index is 0.286. The number of likely N-dealkylation sites (tertiary alicyclic amines) is 1. The number of rotatable bonds is 6. The Balaban J connectivity index is 1.51. The van der Waals surface area contributed by atoms with Gasteiger partial charge in [-0.1, -0.05) is 36.4 Å². The predicted molar refractivity (Wildman–Crippen MR) is 157 cm³/mol. The van der Waals surface area contributed by atoms with Crippen LogP contribution < -0.4 is 9.64 Å². The van der Waals surface area contributed by atoms with Gasteiger partial charge in [-0.25, -0.2) is 6.57 Å². The average Bonchev–Trinajstić information content (AvgIpc) is 3.39. The van der Waals surface area contributed by atoms with Gasteiger partial charge in [0.15, 0.2) is 0 Å². The van der Waals surface area contributed by atoms with Crippen molar-refractivity contribution in [3.05, 3.63) is 65.1 Å². The summed E-state index contributed by atoms with van der Waals surface area (Å²) < 4.78 is 6.24. The topological polar surface area (TPSA) is 82.5 Å². The Bertz CT molecular complexity index is 1650. The molecule has 6 rings (SSSR count). The summed E-state index contributed by atoms with van der Waals surface area (Å²) in [5, 5.41) is 13.4. The normalized spacial score (nSPS) is 19.6. The van der Waals surface area contributed by atoms with Gasteiger partial charge in [0.05, 0.1) is 11.1 Å². The first kappa shape index (κ1) is 26.0. The molecule has 2 aromatic heterocycles. The highest BCUT2D eigenvalue weighted by molar-refractivity contribution is 6.03. The van der Waals surface area contributed by atoms with Gasteiger partial charge < -0.3 is 19.4 Å². The number of ether oxygens (including phenoxy) is 1. The Morgan fingerprint density at radius 2 is 1.95 bits per heavy atom. The number of likely N-dealkylation sites (N-methyl/N-ethyl adjacent to an activating group) is 1. The van der Waals surface area contributed by atoms with Gasteiger partial charge in [-0.15, -0.1) is 0 Å². The van der Waals surface area contributed by atoms with Gasteiger partial charge in [0.25, 0.3) is 0 Å². The van der Waals surface area contributed by atoms with Crippen LogP contribution in [0.1, 0.15) is 36.8 Å². The van der Waals surface area contributed by atoms with E-state index in [1.54, 1.807) is 0 Å². The maximum absolute atomic E-state index is 10.5. The number of hydrogen-bond donors (Lipinski definition) is 0. The van der Waals surface area contributed by atoms with E-state index in [0.717, 1.165) is 78.4 Å². The van der Waals surface area contributed by atoms with Crippen LogP contribution in [0.4, 0.5) is 5.82 Å². The molecular weight excluding hydrogens is 498 g/mol. The molecule has 0 unspecified atom stereocenters. The monoisotopic (exact) mass is 531 g/mol. The van der Waals surface area contributed by atoms with Crippen molar-refractivity contribution in [3.63, 3.8) is 0 Å². The van der Waals surface area contributed by atoms with Crippen LogP contribution in [0.5, 0.6) is 6.01 Å². The summed E-state index contributed by atoms with van der Waals surface area (Å²) in [6.07, 6.45) is 6.07. The molecule has 0 spiro atoms. The summed E-state index contributed by atoms with van der Waals surface area (Å²) in [7, 11) is 2.12. The number of benzene rings is 2. The summed E-state index contributed by atoms with van der Waals surface area (Å²) in [6.45, 7) is 13.1. The van der Waals surface area contributed by atoms with E-state index in [-0.39, 0.29) is 11.9 Å². The molecule has 2 aliphatic heterocycles. The summed E-state index contributed by atoms with van der Waals surface area (Å²) in [4.78, 5) is 22.8. The quantitative estimate of drug-likeness (QED) is 0.298. The fourth-order valence-electron chi connectivity index (χ4n) is 6.29. The third-order valence-electron chi connectivity index (χ3n) is 8.43. The number of aromatic nitrogens is 3. The van der Waals surface area contributed by atoms with Crippen molar-refractivity contribution in [1.82, 2.24) is 19.9 Å². The molecule has 2 saturated heterocycles. The van der Waals surface area contributed by atoms with E-state index in [1.807, 2.05) is 24.4 Å². The van der Waals surface area contributed by atoms with Gasteiger partial charge in [-0.05, 0) is 62.5 Å². The number of aryl methyl sites for hydroxylation is 1. The second-order valence-corrected chi connectivity index (χ2v) is 11.0. The molecule has 2 aromatic carbocycles. The fraction of sp³-hybridized carbons (Fsp3) is 0.406. The molecule has 40 heavy (non-hydrogen) atoms. The lowest BCUT2D eigenvalue weighted by molar-refractivity contribution is 0.188. The second kappa shape index (κ2) is 11.1. The first-order chi connectivity index (χ1) is 19.6. The second-order valence-electron chi connectivity index (χ2n) is 11.0. The van der Waals surface area contributed by atoms with Crippen LogP contribution in [0, 0.1) is 30.7 Å². The molecule has 2 atom stereocenters. The summed E-state index contributed by atoms with van der Waals surface area (Å²) in [5.74, 6) is 1.02. The largest absolute Gasteiger partial charge is 0.462 e. The molecule has 0 radical (unpaired) electrons. The van der Waals surface area contributed by atoms with Gasteiger partial charge >= 0.3 is 6.01 Å². The Labute approximate surface area is 235 Å². The lowest BCUT2D eigenvalue weighted by Crippen LogP contribution is -2.37. The number of nitriles is 1. The molecule has 0 N–H and O–H groups in total. The van der Waals surface area contributed by atoms with Crippen molar-refractivity contribution in [2.45, 2.75) is 38.6 Å². The zero-order valence-corrected chi connectivity index (χ0v) is 23.1. The Hall–Kier alpha value is -4.27. The van der Waals surface area contributed by atoms with Crippen LogP contribution >= 0.6 is 0 Å². The Kier molecular flexibility index (Phi) is 7.19. The third kappa shape index (κ3) is 4.80. The van der Waals surface area contributed by atoms with Crippen molar-refractivity contribution in [2.75, 3.05) is 44.7 Å². The number of piperidine rings is 1. The SMILES string of the molecule is [C-]#[N+]C[C@@H]1CCCN(c2nc(OC[C@@H]3CCCN3C)nc3c(C#N)c(-c4cccc5cccc(C)c45)ncc23)C1. The zero-order valence-electron chi connectivity index (χ0n) is 23.1. The summed E-state index contributed by atoms with van der Waals surface area (Å²) in [5.41, 5.74) is 3.65. The number of fused-ring (bicyclic) bond motifs is 2. The van der Waals surface area contributed by atoms with Crippen LogP contribution in [-0.4, -0.2) is 65.7 Å². The lowest BCUT2D eigenvalue weighted by atomic mass is 9.95. The summed E-state index contributed by atoms with van der Waals surface area (Å²) in [6, 6.07) is 15.4. The van der Waals surface area contributed by atoms with Crippen LogP contribution in [0.25, 0.3) is 37.8 Å². The smallest absolute Gasteiger partial charge is 0.319 e. The highest BCUT2D eigenvalue weighted by Gasteiger charge is 2.28. The molecule has 0 aliphatic carbocycles. The predicted octanol–water partition coefficient (Wildman–Crippen LogP) is 5.63. The van der Waals surface area contributed by atoms with Crippen LogP contribution in [0.3, 0.4) is 0 Å². The van der Waals surface area contributed by atoms with Crippen LogP contribution in [-0.2, 0) is 0 Å². The summed E-state index contributed by atoms with van der Waals surface area (Å²) >= 11 is 0. The molecule has 2 aliphatic rings. The third-order valence-corrected chi connectivity index (χ3v) is 8.43. The molecule has 0 amide bonds. The van der Waals surface area contributed by atoms with E-state index in [2.05, 4.69) is 52.9 Å². The van der Waals surface area contributed by atoms with Crippen molar-refractivity contribution in [2.24, 2.45) is 5.92 Å². The molecular formula is C32H33N7O. The minimum atomic E-state index is 0.286. The Morgan fingerprint density at radius 3 is 2.73 bits per heavy atom.